The van der Waals surface area contributed by atoms with E-state index in [4.69, 9.17) is 10.5 Å². The molecule has 0 radical (unpaired) electrons. The van der Waals surface area contributed by atoms with Gasteiger partial charge in [-0.2, -0.15) is 0 Å². The number of nitrogens with zero attached hydrogens (tertiary/aromatic N) is 1. The minimum absolute atomic E-state index is 0.0812. The van der Waals surface area contributed by atoms with Gasteiger partial charge in [-0.25, -0.2) is 0 Å². The lowest BCUT2D eigenvalue weighted by Gasteiger charge is -2.26. The molecule has 1 saturated heterocycles. The number of nitrogens with one attached hydrogen (secondary N) is 2. The molecule has 0 saturated carbocycles. The monoisotopic (exact) mass is 330 g/mol. The summed E-state index contributed by atoms with van der Waals surface area (Å²) in [4.78, 5) is 17.8. The zero-order chi connectivity index (χ0) is 16.8. The molecule has 2 heterocycles. The minimum Gasteiger partial charge on any atom is -0.379 e. The zero-order valence-corrected chi connectivity index (χ0v) is 14.0. The molecule has 0 bridgehead atoms. The topological polar surface area (TPSA) is 83.4 Å². The lowest BCUT2D eigenvalue weighted by Crippen LogP contribution is -2.43. The number of aromatic amines is 1. The van der Waals surface area contributed by atoms with Crippen molar-refractivity contribution in [3.8, 4) is 0 Å². The van der Waals surface area contributed by atoms with Crippen LogP contribution in [0, 0.1) is 0 Å². The van der Waals surface area contributed by atoms with Crippen molar-refractivity contribution < 1.29 is 9.53 Å². The second kappa shape index (κ2) is 8.28. The summed E-state index contributed by atoms with van der Waals surface area (Å²) in [6.07, 6.45) is 3.42. The van der Waals surface area contributed by atoms with E-state index in [-0.39, 0.29) is 5.91 Å². The average Bonchev–Trinajstić information content (AvgIpc) is 3.02. The second-order valence-corrected chi connectivity index (χ2v) is 6.27. The SMILES string of the molecule is N[C@@H](Cc1c[nH]c2ccccc12)C(=O)NCCCN1CCOCC1. The Morgan fingerprint density at radius 3 is 2.96 bits per heavy atom. The van der Waals surface area contributed by atoms with Gasteiger partial charge < -0.3 is 20.8 Å². The van der Waals surface area contributed by atoms with Crippen molar-refractivity contribution in [2.75, 3.05) is 39.4 Å². The molecular formula is C18H26N4O2. The molecule has 24 heavy (non-hydrogen) atoms. The Morgan fingerprint density at radius 2 is 2.12 bits per heavy atom. The first kappa shape index (κ1) is 17.0. The van der Waals surface area contributed by atoms with Gasteiger partial charge in [0.25, 0.3) is 0 Å². The fourth-order valence-corrected chi connectivity index (χ4v) is 3.10. The first-order chi connectivity index (χ1) is 11.7. The Hall–Kier alpha value is -1.89. The van der Waals surface area contributed by atoms with Crippen molar-refractivity contribution >= 4 is 16.8 Å². The summed E-state index contributed by atoms with van der Waals surface area (Å²) in [6, 6.07) is 7.54. The Kier molecular flexibility index (Phi) is 5.85. The molecule has 1 aliphatic rings. The van der Waals surface area contributed by atoms with Gasteiger partial charge in [0.15, 0.2) is 0 Å². The van der Waals surface area contributed by atoms with Crippen LogP contribution in [0.15, 0.2) is 30.5 Å². The molecule has 0 aliphatic carbocycles. The van der Waals surface area contributed by atoms with Gasteiger partial charge in [-0.15, -0.1) is 0 Å². The Bertz CT molecular complexity index is 664. The number of para-hydroxylation sites is 1. The fourth-order valence-electron chi connectivity index (χ4n) is 3.10. The summed E-state index contributed by atoms with van der Waals surface area (Å²) in [6.45, 7) is 5.23. The number of amides is 1. The number of nitrogens with two attached hydrogens (primary N) is 1. The molecule has 1 aromatic carbocycles. The number of hydrogen-bond donors (Lipinski definition) is 3. The highest BCUT2D eigenvalue weighted by Crippen LogP contribution is 2.18. The summed E-state index contributed by atoms with van der Waals surface area (Å²) in [5, 5.41) is 4.08. The van der Waals surface area contributed by atoms with Crippen molar-refractivity contribution in [1.82, 2.24) is 15.2 Å². The van der Waals surface area contributed by atoms with E-state index in [1.165, 1.54) is 0 Å². The number of rotatable bonds is 7. The molecule has 3 rings (SSSR count). The van der Waals surface area contributed by atoms with Crippen LogP contribution in [0.25, 0.3) is 10.9 Å². The molecule has 130 valence electrons. The molecular weight excluding hydrogens is 304 g/mol. The number of ether oxygens (including phenoxy) is 1. The maximum Gasteiger partial charge on any atom is 0.237 e. The highest BCUT2D eigenvalue weighted by atomic mass is 16.5. The molecule has 0 spiro atoms. The summed E-state index contributed by atoms with van der Waals surface area (Å²) in [5.41, 5.74) is 8.23. The van der Waals surface area contributed by atoms with Gasteiger partial charge in [-0.3, -0.25) is 9.69 Å². The van der Waals surface area contributed by atoms with Crippen LogP contribution >= 0.6 is 0 Å². The quantitative estimate of drug-likeness (QED) is 0.658. The van der Waals surface area contributed by atoms with Gasteiger partial charge in [-0.05, 0) is 31.0 Å². The van der Waals surface area contributed by atoms with E-state index < -0.39 is 6.04 Å². The number of fused-ring (bicyclic) bond motifs is 1. The van der Waals surface area contributed by atoms with Crippen LogP contribution in [-0.2, 0) is 16.0 Å². The van der Waals surface area contributed by atoms with Crippen LogP contribution < -0.4 is 11.1 Å². The summed E-state index contributed by atoms with van der Waals surface area (Å²) >= 11 is 0. The molecule has 1 fully saturated rings. The lowest BCUT2D eigenvalue weighted by atomic mass is 10.1. The Labute approximate surface area is 142 Å². The second-order valence-electron chi connectivity index (χ2n) is 6.27. The fraction of sp³-hybridized carbons (Fsp3) is 0.500. The van der Waals surface area contributed by atoms with Gasteiger partial charge in [0.05, 0.1) is 19.3 Å². The van der Waals surface area contributed by atoms with Crippen LogP contribution in [0.3, 0.4) is 0 Å². The predicted octanol–water partition coefficient (Wildman–Crippen LogP) is 0.876. The first-order valence-electron chi connectivity index (χ1n) is 8.62. The van der Waals surface area contributed by atoms with E-state index in [9.17, 15) is 4.79 Å². The largest absolute Gasteiger partial charge is 0.379 e. The van der Waals surface area contributed by atoms with Gasteiger partial charge >= 0.3 is 0 Å². The van der Waals surface area contributed by atoms with Crippen molar-refractivity contribution in [3.05, 3.63) is 36.0 Å². The molecule has 0 unspecified atom stereocenters. The van der Waals surface area contributed by atoms with Gasteiger partial charge in [0.1, 0.15) is 0 Å². The van der Waals surface area contributed by atoms with E-state index in [2.05, 4.69) is 15.2 Å². The maximum atomic E-state index is 12.2. The lowest BCUT2D eigenvalue weighted by molar-refractivity contribution is -0.122. The summed E-state index contributed by atoms with van der Waals surface area (Å²) < 4.78 is 5.33. The minimum atomic E-state index is -0.521. The Morgan fingerprint density at radius 1 is 1.33 bits per heavy atom. The van der Waals surface area contributed by atoms with Crippen molar-refractivity contribution in [1.29, 1.82) is 0 Å². The van der Waals surface area contributed by atoms with Crippen LogP contribution in [0.5, 0.6) is 0 Å². The van der Waals surface area contributed by atoms with Crippen LogP contribution in [0.1, 0.15) is 12.0 Å². The molecule has 1 amide bonds. The Balaban J connectivity index is 1.41. The normalized spacial score (nSPS) is 17.0. The number of morpholine rings is 1. The third kappa shape index (κ3) is 4.35. The van der Waals surface area contributed by atoms with Crippen molar-refractivity contribution in [2.45, 2.75) is 18.9 Å². The predicted molar refractivity (Wildman–Crippen MR) is 94.9 cm³/mol. The third-order valence-electron chi connectivity index (χ3n) is 4.51. The van der Waals surface area contributed by atoms with E-state index in [1.807, 2.05) is 30.5 Å². The summed E-state index contributed by atoms with van der Waals surface area (Å²) in [7, 11) is 0. The zero-order valence-electron chi connectivity index (χ0n) is 14.0. The van der Waals surface area contributed by atoms with E-state index in [0.29, 0.717) is 13.0 Å². The van der Waals surface area contributed by atoms with E-state index in [0.717, 1.165) is 55.7 Å². The van der Waals surface area contributed by atoms with E-state index in [1.54, 1.807) is 0 Å². The number of aromatic nitrogens is 1. The third-order valence-corrected chi connectivity index (χ3v) is 4.51. The van der Waals surface area contributed by atoms with Crippen LogP contribution in [-0.4, -0.2) is 61.2 Å². The number of H-pyrrole nitrogens is 1. The molecule has 6 heteroatoms. The molecule has 1 aromatic heterocycles. The smallest absolute Gasteiger partial charge is 0.237 e. The number of carbonyl (C=O) groups excluding carboxylic acids is 1. The van der Waals surface area contributed by atoms with Crippen LogP contribution in [0.2, 0.25) is 0 Å². The van der Waals surface area contributed by atoms with Crippen LogP contribution in [0.4, 0.5) is 0 Å². The van der Waals surface area contributed by atoms with Gasteiger partial charge in [0.2, 0.25) is 5.91 Å². The molecule has 2 aromatic rings. The molecule has 4 N–H and O–H groups in total. The van der Waals surface area contributed by atoms with Gasteiger partial charge in [-0.1, -0.05) is 18.2 Å². The van der Waals surface area contributed by atoms with Crippen molar-refractivity contribution in [2.24, 2.45) is 5.73 Å². The highest BCUT2D eigenvalue weighted by molar-refractivity contribution is 5.86. The molecule has 1 atom stereocenters. The molecule has 1 aliphatic heterocycles. The summed E-state index contributed by atoms with van der Waals surface area (Å²) in [5.74, 6) is -0.0812. The first-order valence-corrected chi connectivity index (χ1v) is 8.62. The average molecular weight is 330 g/mol. The maximum absolute atomic E-state index is 12.2. The van der Waals surface area contributed by atoms with E-state index >= 15 is 0 Å². The number of benzene rings is 1. The number of carbonyl (C=O) groups is 1. The highest BCUT2D eigenvalue weighted by Gasteiger charge is 2.16. The standard InChI is InChI=1S/C18H26N4O2/c19-16(12-14-13-21-17-5-2-1-4-15(14)17)18(23)20-6-3-7-22-8-10-24-11-9-22/h1-2,4-5,13,16,21H,3,6-12,19H2,(H,20,23)/t16-/m0/s1. The molecule has 6 nitrogen and oxygen atoms in total. The van der Waals surface area contributed by atoms with Crippen molar-refractivity contribution in [3.63, 3.8) is 0 Å². The van der Waals surface area contributed by atoms with Gasteiger partial charge in [0, 0.05) is 36.7 Å². The number of hydrogen-bond acceptors (Lipinski definition) is 4.